The highest BCUT2D eigenvalue weighted by molar-refractivity contribution is 5.79. The smallest absolute Gasteiger partial charge is 0.223 e. The third kappa shape index (κ3) is 2.86. The molecular formula is C16H29N3O. The summed E-state index contributed by atoms with van der Waals surface area (Å²) in [5, 5.41) is 3.36. The predicted molar refractivity (Wildman–Crippen MR) is 80.2 cm³/mol. The molecule has 5 unspecified atom stereocenters. The molecule has 114 valence electrons. The van der Waals surface area contributed by atoms with Gasteiger partial charge in [-0.1, -0.05) is 13.3 Å². The van der Waals surface area contributed by atoms with Gasteiger partial charge in [-0.05, 0) is 51.0 Å². The van der Waals surface area contributed by atoms with Crippen molar-refractivity contribution >= 4 is 5.91 Å². The molecule has 3 N–H and O–H groups in total. The molecule has 4 nitrogen and oxygen atoms in total. The van der Waals surface area contributed by atoms with E-state index in [0.29, 0.717) is 30.0 Å². The van der Waals surface area contributed by atoms with Crippen LogP contribution in [0.5, 0.6) is 0 Å². The van der Waals surface area contributed by atoms with Gasteiger partial charge < -0.3 is 11.1 Å². The molecule has 2 heterocycles. The van der Waals surface area contributed by atoms with Crippen molar-refractivity contribution < 1.29 is 4.79 Å². The highest BCUT2D eigenvalue weighted by Crippen LogP contribution is 2.30. The Morgan fingerprint density at radius 3 is 2.80 bits per heavy atom. The molecule has 1 saturated carbocycles. The normalized spacial score (nSPS) is 42.2. The SMILES string of the molecule is CC1CC(C(=O)NC2CCN3CCCCC23)CCC1N. The fourth-order valence-corrected chi connectivity index (χ4v) is 4.37. The quantitative estimate of drug-likeness (QED) is 0.805. The second-order valence-corrected chi connectivity index (χ2v) is 7.15. The van der Waals surface area contributed by atoms with Crippen molar-refractivity contribution in [1.82, 2.24) is 10.2 Å². The largest absolute Gasteiger partial charge is 0.352 e. The van der Waals surface area contributed by atoms with Crippen molar-refractivity contribution in [2.24, 2.45) is 17.6 Å². The Balaban J connectivity index is 1.54. The van der Waals surface area contributed by atoms with Gasteiger partial charge in [0.25, 0.3) is 0 Å². The van der Waals surface area contributed by atoms with Crippen LogP contribution in [0.3, 0.4) is 0 Å². The van der Waals surface area contributed by atoms with Crippen molar-refractivity contribution in [2.75, 3.05) is 13.1 Å². The number of nitrogens with one attached hydrogen (secondary N) is 1. The average Bonchev–Trinajstić information content (AvgIpc) is 2.85. The molecule has 2 aliphatic heterocycles. The van der Waals surface area contributed by atoms with Crippen LogP contribution >= 0.6 is 0 Å². The first-order valence-corrected chi connectivity index (χ1v) is 8.45. The summed E-state index contributed by atoms with van der Waals surface area (Å²) in [6.45, 7) is 4.58. The van der Waals surface area contributed by atoms with Crippen molar-refractivity contribution in [2.45, 2.75) is 70.0 Å². The number of amides is 1. The first-order chi connectivity index (χ1) is 9.65. The highest BCUT2D eigenvalue weighted by atomic mass is 16.2. The number of piperidine rings is 1. The van der Waals surface area contributed by atoms with Crippen LogP contribution in [0.15, 0.2) is 0 Å². The minimum atomic E-state index is 0.197. The predicted octanol–water partition coefficient (Wildman–Crippen LogP) is 1.49. The molecule has 0 bridgehead atoms. The lowest BCUT2D eigenvalue weighted by molar-refractivity contribution is -0.127. The van der Waals surface area contributed by atoms with Gasteiger partial charge in [-0.2, -0.15) is 0 Å². The molecule has 0 aromatic heterocycles. The zero-order chi connectivity index (χ0) is 14.1. The van der Waals surface area contributed by atoms with Crippen LogP contribution in [-0.4, -0.2) is 42.0 Å². The van der Waals surface area contributed by atoms with Crippen LogP contribution < -0.4 is 11.1 Å². The molecule has 3 aliphatic rings. The standard InChI is InChI=1S/C16H29N3O/c1-11-10-12(5-6-13(11)17)16(20)18-14-7-9-19-8-3-2-4-15(14)19/h11-15H,2-10,17H2,1H3,(H,18,20). The van der Waals surface area contributed by atoms with Crippen molar-refractivity contribution in [3.63, 3.8) is 0 Å². The maximum atomic E-state index is 12.5. The first kappa shape index (κ1) is 14.3. The van der Waals surface area contributed by atoms with Crippen LogP contribution in [0.25, 0.3) is 0 Å². The number of nitrogens with two attached hydrogens (primary N) is 1. The number of carbonyl (C=O) groups is 1. The summed E-state index contributed by atoms with van der Waals surface area (Å²) in [7, 11) is 0. The van der Waals surface area contributed by atoms with E-state index in [-0.39, 0.29) is 5.92 Å². The lowest BCUT2D eigenvalue weighted by Gasteiger charge is -2.35. The van der Waals surface area contributed by atoms with E-state index in [2.05, 4.69) is 17.1 Å². The Morgan fingerprint density at radius 2 is 2.00 bits per heavy atom. The molecular weight excluding hydrogens is 250 g/mol. The monoisotopic (exact) mass is 279 g/mol. The number of nitrogens with zero attached hydrogens (tertiary/aromatic N) is 1. The van der Waals surface area contributed by atoms with Gasteiger partial charge in [0, 0.05) is 30.6 Å². The molecule has 3 rings (SSSR count). The van der Waals surface area contributed by atoms with Gasteiger partial charge in [-0.15, -0.1) is 0 Å². The molecule has 3 fully saturated rings. The molecule has 20 heavy (non-hydrogen) atoms. The van der Waals surface area contributed by atoms with E-state index in [9.17, 15) is 4.79 Å². The summed E-state index contributed by atoms with van der Waals surface area (Å²) >= 11 is 0. The Bertz CT molecular complexity index is 360. The van der Waals surface area contributed by atoms with Gasteiger partial charge in [0.05, 0.1) is 0 Å². The fourth-order valence-electron chi connectivity index (χ4n) is 4.37. The fraction of sp³-hybridized carbons (Fsp3) is 0.938. The number of rotatable bonds is 2. The van der Waals surface area contributed by atoms with Crippen molar-refractivity contribution in [1.29, 1.82) is 0 Å². The minimum Gasteiger partial charge on any atom is -0.352 e. The molecule has 0 spiro atoms. The summed E-state index contributed by atoms with van der Waals surface area (Å²) < 4.78 is 0. The number of hydrogen-bond acceptors (Lipinski definition) is 3. The molecule has 1 aliphatic carbocycles. The van der Waals surface area contributed by atoms with Crippen LogP contribution in [0.4, 0.5) is 0 Å². The Hall–Kier alpha value is -0.610. The van der Waals surface area contributed by atoms with Crippen LogP contribution in [-0.2, 0) is 4.79 Å². The van der Waals surface area contributed by atoms with Gasteiger partial charge in [-0.3, -0.25) is 9.69 Å². The van der Waals surface area contributed by atoms with E-state index >= 15 is 0 Å². The zero-order valence-electron chi connectivity index (χ0n) is 12.7. The van der Waals surface area contributed by atoms with Crippen molar-refractivity contribution in [3.05, 3.63) is 0 Å². The minimum absolute atomic E-state index is 0.197. The summed E-state index contributed by atoms with van der Waals surface area (Å²) in [6, 6.07) is 1.30. The first-order valence-electron chi connectivity index (χ1n) is 8.45. The van der Waals surface area contributed by atoms with E-state index in [1.165, 1.54) is 32.4 Å². The molecule has 0 aromatic carbocycles. The topological polar surface area (TPSA) is 58.4 Å². The highest BCUT2D eigenvalue weighted by Gasteiger charge is 2.38. The van der Waals surface area contributed by atoms with Crippen LogP contribution in [0.1, 0.15) is 51.9 Å². The molecule has 0 aromatic rings. The lowest BCUT2D eigenvalue weighted by Crippen LogP contribution is -2.49. The van der Waals surface area contributed by atoms with E-state index in [1.54, 1.807) is 0 Å². The Morgan fingerprint density at radius 1 is 1.15 bits per heavy atom. The molecule has 0 radical (unpaired) electrons. The van der Waals surface area contributed by atoms with Gasteiger partial charge in [0.1, 0.15) is 0 Å². The zero-order valence-corrected chi connectivity index (χ0v) is 12.7. The summed E-state index contributed by atoms with van der Waals surface area (Å²) in [5.74, 6) is 0.970. The van der Waals surface area contributed by atoms with Gasteiger partial charge in [0.15, 0.2) is 0 Å². The van der Waals surface area contributed by atoms with E-state index in [4.69, 9.17) is 5.73 Å². The van der Waals surface area contributed by atoms with Crippen LogP contribution in [0.2, 0.25) is 0 Å². The third-order valence-corrected chi connectivity index (χ3v) is 5.79. The summed E-state index contributed by atoms with van der Waals surface area (Å²) in [5.41, 5.74) is 6.05. The number of hydrogen-bond donors (Lipinski definition) is 2. The lowest BCUT2D eigenvalue weighted by atomic mass is 9.79. The Labute approximate surface area is 122 Å². The molecule has 5 atom stereocenters. The average molecular weight is 279 g/mol. The summed E-state index contributed by atoms with van der Waals surface area (Å²) in [6.07, 6.45) is 7.99. The van der Waals surface area contributed by atoms with Gasteiger partial charge in [-0.25, -0.2) is 0 Å². The van der Waals surface area contributed by atoms with Crippen molar-refractivity contribution in [3.8, 4) is 0 Å². The molecule has 1 amide bonds. The second-order valence-electron chi connectivity index (χ2n) is 7.15. The van der Waals surface area contributed by atoms with E-state index in [0.717, 1.165) is 25.7 Å². The third-order valence-electron chi connectivity index (χ3n) is 5.79. The van der Waals surface area contributed by atoms with E-state index in [1.807, 2.05) is 0 Å². The molecule has 2 saturated heterocycles. The number of fused-ring (bicyclic) bond motifs is 1. The van der Waals surface area contributed by atoms with Gasteiger partial charge >= 0.3 is 0 Å². The van der Waals surface area contributed by atoms with Gasteiger partial charge in [0.2, 0.25) is 5.91 Å². The maximum absolute atomic E-state index is 12.5. The number of carbonyl (C=O) groups excluding carboxylic acids is 1. The van der Waals surface area contributed by atoms with E-state index < -0.39 is 0 Å². The summed E-state index contributed by atoms with van der Waals surface area (Å²) in [4.78, 5) is 15.1. The second kappa shape index (κ2) is 6.02. The maximum Gasteiger partial charge on any atom is 0.223 e. The molecule has 4 heteroatoms. The Kier molecular flexibility index (Phi) is 4.32. The van der Waals surface area contributed by atoms with Crippen LogP contribution in [0, 0.1) is 11.8 Å².